The summed E-state index contributed by atoms with van der Waals surface area (Å²) in [6.45, 7) is 6.58. The minimum Gasteiger partial charge on any atom is -0.494 e. The molecule has 124 valence electrons. The lowest BCUT2D eigenvalue weighted by Crippen LogP contribution is -2.06. The number of nitrogens with zero attached hydrogens (tertiary/aromatic N) is 3. The van der Waals surface area contributed by atoms with Gasteiger partial charge in [-0.05, 0) is 51.1 Å². The van der Waals surface area contributed by atoms with Crippen LogP contribution in [0, 0.1) is 6.92 Å². The van der Waals surface area contributed by atoms with E-state index < -0.39 is 5.97 Å². The minimum atomic E-state index is -0.414. The zero-order valence-electron chi connectivity index (χ0n) is 13.9. The number of carbonyl (C=O) groups is 1. The first-order valence-corrected chi connectivity index (χ1v) is 7.89. The third-order valence-electron chi connectivity index (χ3n) is 3.61. The zero-order valence-corrected chi connectivity index (χ0v) is 13.9. The molecule has 0 bridgehead atoms. The molecule has 0 unspecified atom stereocenters. The van der Waals surface area contributed by atoms with Crippen LogP contribution in [0.3, 0.4) is 0 Å². The van der Waals surface area contributed by atoms with Gasteiger partial charge in [0.25, 0.3) is 0 Å². The molecule has 24 heavy (non-hydrogen) atoms. The van der Waals surface area contributed by atoms with E-state index in [9.17, 15) is 4.79 Å². The Balaban J connectivity index is 2.05. The normalized spacial score (nSPS) is 10.8. The quantitative estimate of drug-likeness (QED) is 0.674. The van der Waals surface area contributed by atoms with E-state index in [0.717, 1.165) is 22.7 Å². The molecule has 3 rings (SSSR count). The standard InChI is InChI=1S/C18H19N3O3/c1-4-23-14-8-6-13(7-9-14)16-10-12(3)21-17(20-16)15(11-19-21)18(22)24-5-2/h6-11H,4-5H2,1-3H3. The van der Waals surface area contributed by atoms with Crippen molar-refractivity contribution in [1.29, 1.82) is 0 Å². The predicted octanol–water partition coefficient (Wildman–Crippen LogP) is 3.28. The van der Waals surface area contributed by atoms with Crippen LogP contribution in [-0.2, 0) is 4.74 Å². The van der Waals surface area contributed by atoms with Gasteiger partial charge in [0.05, 0.1) is 25.1 Å². The van der Waals surface area contributed by atoms with Gasteiger partial charge in [0.2, 0.25) is 0 Å². The molecule has 6 heteroatoms. The second kappa shape index (κ2) is 6.70. The molecule has 0 fully saturated rings. The SMILES string of the molecule is CCOC(=O)c1cnn2c(C)cc(-c3ccc(OCC)cc3)nc12. The summed E-state index contributed by atoms with van der Waals surface area (Å²) in [5, 5.41) is 4.23. The molecule has 0 saturated carbocycles. The van der Waals surface area contributed by atoms with E-state index in [1.165, 1.54) is 6.20 Å². The number of benzene rings is 1. The van der Waals surface area contributed by atoms with Crippen LogP contribution in [0.1, 0.15) is 29.9 Å². The Bertz CT molecular complexity index is 869. The fourth-order valence-electron chi connectivity index (χ4n) is 2.50. The van der Waals surface area contributed by atoms with E-state index in [1.807, 2.05) is 44.2 Å². The van der Waals surface area contributed by atoms with Crippen molar-refractivity contribution in [2.24, 2.45) is 0 Å². The van der Waals surface area contributed by atoms with Gasteiger partial charge in [0.1, 0.15) is 11.3 Å². The van der Waals surface area contributed by atoms with Crippen molar-refractivity contribution in [2.75, 3.05) is 13.2 Å². The van der Waals surface area contributed by atoms with E-state index in [-0.39, 0.29) is 0 Å². The third kappa shape index (κ3) is 2.95. The maximum Gasteiger partial charge on any atom is 0.343 e. The van der Waals surface area contributed by atoms with E-state index in [0.29, 0.717) is 24.4 Å². The summed E-state index contributed by atoms with van der Waals surface area (Å²) >= 11 is 0. The molecule has 1 aromatic carbocycles. The smallest absolute Gasteiger partial charge is 0.343 e. The summed E-state index contributed by atoms with van der Waals surface area (Å²) in [5.74, 6) is 0.402. The molecule has 0 spiro atoms. The molecule has 6 nitrogen and oxygen atoms in total. The minimum absolute atomic E-state index is 0.313. The highest BCUT2D eigenvalue weighted by Gasteiger charge is 2.17. The molecule has 2 heterocycles. The molecule has 0 aliphatic rings. The molecule has 0 amide bonds. The first-order valence-electron chi connectivity index (χ1n) is 7.89. The number of ether oxygens (including phenoxy) is 2. The van der Waals surface area contributed by atoms with Gasteiger partial charge in [-0.1, -0.05) is 0 Å². The lowest BCUT2D eigenvalue weighted by molar-refractivity contribution is 0.0528. The van der Waals surface area contributed by atoms with Gasteiger partial charge in [-0.25, -0.2) is 14.3 Å². The maximum absolute atomic E-state index is 12.1. The summed E-state index contributed by atoms with van der Waals surface area (Å²) in [5.41, 5.74) is 3.47. The van der Waals surface area contributed by atoms with Gasteiger partial charge in [0.15, 0.2) is 5.65 Å². The first kappa shape index (κ1) is 16.0. The Kier molecular flexibility index (Phi) is 4.46. The third-order valence-corrected chi connectivity index (χ3v) is 3.61. The Morgan fingerprint density at radius 3 is 2.58 bits per heavy atom. The van der Waals surface area contributed by atoms with Crippen LogP contribution in [0.4, 0.5) is 0 Å². The molecule has 2 aromatic heterocycles. The van der Waals surface area contributed by atoms with Crippen LogP contribution < -0.4 is 4.74 Å². The number of hydrogen-bond acceptors (Lipinski definition) is 5. The molecule has 0 aliphatic heterocycles. The van der Waals surface area contributed by atoms with Crippen molar-refractivity contribution in [1.82, 2.24) is 14.6 Å². The number of rotatable bonds is 5. The van der Waals surface area contributed by atoms with Crippen molar-refractivity contribution in [3.8, 4) is 17.0 Å². The second-order valence-electron chi connectivity index (χ2n) is 5.25. The summed E-state index contributed by atoms with van der Waals surface area (Å²) in [7, 11) is 0. The van der Waals surface area contributed by atoms with Gasteiger partial charge in [-0.15, -0.1) is 0 Å². The van der Waals surface area contributed by atoms with Gasteiger partial charge in [0, 0.05) is 11.3 Å². The summed E-state index contributed by atoms with van der Waals surface area (Å²) in [6, 6.07) is 9.64. The number of hydrogen-bond donors (Lipinski definition) is 0. The highest BCUT2D eigenvalue weighted by atomic mass is 16.5. The van der Waals surface area contributed by atoms with Crippen molar-refractivity contribution < 1.29 is 14.3 Å². The van der Waals surface area contributed by atoms with E-state index in [1.54, 1.807) is 11.4 Å². The van der Waals surface area contributed by atoms with Crippen LogP contribution in [0.25, 0.3) is 16.9 Å². The van der Waals surface area contributed by atoms with Gasteiger partial charge in [-0.2, -0.15) is 5.10 Å². The van der Waals surface area contributed by atoms with E-state index in [2.05, 4.69) is 10.1 Å². The largest absolute Gasteiger partial charge is 0.494 e. The predicted molar refractivity (Wildman–Crippen MR) is 90.3 cm³/mol. The van der Waals surface area contributed by atoms with Crippen LogP contribution in [-0.4, -0.2) is 33.8 Å². The molecule has 0 radical (unpaired) electrons. The summed E-state index contributed by atoms with van der Waals surface area (Å²) in [6.07, 6.45) is 1.50. The van der Waals surface area contributed by atoms with Crippen molar-refractivity contribution in [2.45, 2.75) is 20.8 Å². The van der Waals surface area contributed by atoms with Crippen LogP contribution >= 0.6 is 0 Å². The Hall–Kier alpha value is -2.89. The van der Waals surface area contributed by atoms with Gasteiger partial charge < -0.3 is 9.47 Å². The fraction of sp³-hybridized carbons (Fsp3) is 0.278. The van der Waals surface area contributed by atoms with Gasteiger partial charge in [-0.3, -0.25) is 0 Å². The number of esters is 1. The molecular weight excluding hydrogens is 306 g/mol. The molecule has 0 atom stereocenters. The summed E-state index contributed by atoms with van der Waals surface area (Å²) < 4.78 is 12.2. The molecular formula is C18H19N3O3. The lowest BCUT2D eigenvalue weighted by Gasteiger charge is -2.07. The Labute approximate surface area is 140 Å². The van der Waals surface area contributed by atoms with Crippen LogP contribution in [0.2, 0.25) is 0 Å². The molecule has 3 aromatic rings. The number of carbonyl (C=O) groups excluding carboxylic acids is 1. The molecule has 0 N–H and O–H groups in total. The first-order chi connectivity index (χ1) is 11.6. The summed E-state index contributed by atoms with van der Waals surface area (Å²) in [4.78, 5) is 16.7. The zero-order chi connectivity index (χ0) is 17.1. The monoisotopic (exact) mass is 325 g/mol. The maximum atomic E-state index is 12.1. The number of fused-ring (bicyclic) bond motifs is 1. The Morgan fingerprint density at radius 1 is 1.17 bits per heavy atom. The average Bonchev–Trinajstić information content (AvgIpc) is 3.01. The van der Waals surface area contributed by atoms with Crippen LogP contribution in [0.15, 0.2) is 36.5 Å². The number of aromatic nitrogens is 3. The molecule has 0 saturated heterocycles. The second-order valence-corrected chi connectivity index (χ2v) is 5.25. The van der Waals surface area contributed by atoms with E-state index in [4.69, 9.17) is 9.47 Å². The van der Waals surface area contributed by atoms with Crippen LogP contribution in [0.5, 0.6) is 5.75 Å². The lowest BCUT2D eigenvalue weighted by atomic mass is 10.1. The van der Waals surface area contributed by atoms with Crippen molar-refractivity contribution >= 4 is 11.6 Å². The van der Waals surface area contributed by atoms with E-state index >= 15 is 0 Å². The topological polar surface area (TPSA) is 65.7 Å². The highest BCUT2D eigenvalue weighted by molar-refractivity contribution is 5.95. The Morgan fingerprint density at radius 2 is 1.92 bits per heavy atom. The number of aryl methyl sites for hydroxylation is 1. The fourth-order valence-corrected chi connectivity index (χ4v) is 2.50. The highest BCUT2D eigenvalue weighted by Crippen LogP contribution is 2.23. The molecule has 0 aliphatic carbocycles. The average molecular weight is 325 g/mol. The van der Waals surface area contributed by atoms with Crippen molar-refractivity contribution in [3.05, 3.63) is 47.8 Å². The van der Waals surface area contributed by atoms with Crippen molar-refractivity contribution in [3.63, 3.8) is 0 Å². The van der Waals surface area contributed by atoms with Gasteiger partial charge >= 0.3 is 5.97 Å².